The van der Waals surface area contributed by atoms with Crippen LogP contribution in [0.4, 0.5) is 0 Å². The average molecular weight is 214 g/mol. The summed E-state index contributed by atoms with van der Waals surface area (Å²) in [7, 11) is 3.51. The first-order valence-electron chi connectivity index (χ1n) is 4.79. The third kappa shape index (κ3) is 3.96. The second kappa shape index (κ2) is 6.52. The summed E-state index contributed by atoms with van der Waals surface area (Å²) in [6.07, 6.45) is 3.68. The van der Waals surface area contributed by atoms with Crippen LogP contribution in [-0.4, -0.2) is 36.7 Å². The van der Waals surface area contributed by atoms with Crippen molar-refractivity contribution in [2.24, 2.45) is 12.9 Å². The molecule has 0 aliphatic heterocycles. The van der Waals surface area contributed by atoms with E-state index < -0.39 is 0 Å². The van der Waals surface area contributed by atoms with Crippen molar-refractivity contribution in [3.8, 4) is 0 Å². The van der Waals surface area contributed by atoms with Gasteiger partial charge in [0.2, 0.25) is 0 Å². The molecule has 1 heterocycles. The Hall–Kier alpha value is -0.950. The number of nitrogens with zero attached hydrogens (tertiary/aromatic N) is 2. The Morgan fingerprint density at radius 3 is 2.93 bits per heavy atom. The number of hydrazine groups is 1. The molecule has 1 aromatic heterocycles. The number of nitrogens with one attached hydrogen (secondary N) is 1. The highest BCUT2D eigenvalue weighted by Gasteiger charge is 2.11. The van der Waals surface area contributed by atoms with Gasteiger partial charge in [0.05, 0.1) is 32.1 Å². The van der Waals surface area contributed by atoms with Gasteiger partial charge < -0.3 is 9.47 Å². The molecule has 0 bridgehead atoms. The summed E-state index contributed by atoms with van der Waals surface area (Å²) in [4.78, 5) is 0. The standard InChI is InChI=1S/C9H18N4O2/c1-13-6-8(5-11-13)9(12-10)7-15-4-3-14-2/h5-6,9,12H,3-4,7,10H2,1-2H3. The van der Waals surface area contributed by atoms with E-state index in [0.29, 0.717) is 19.8 Å². The molecule has 1 rings (SSSR count). The van der Waals surface area contributed by atoms with E-state index in [1.165, 1.54) is 0 Å². The molecular formula is C9H18N4O2. The van der Waals surface area contributed by atoms with Crippen LogP contribution in [0.5, 0.6) is 0 Å². The third-order valence-electron chi connectivity index (χ3n) is 2.04. The van der Waals surface area contributed by atoms with Crippen molar-refractivity contribution in [3.05, 3.63) is 18.0 Å². The number of rotatable bonds is 7. The summed E-state index contributed by atoms with van der Waals surface area (Å²) in [6, 6.07) is -0.0319. The van der Waals surface area contributed by atoms with Crippen molar-refractivity contribution < 1.29 is 9.47 Å². The molecule has 0 radical (unpaired) electrons. The molecule has 1 aromatic rings. The van der Waals surface area contributed by atoms with Crippen molar-refractivity contribution >= 4 is 0 Å². The number of methoxy groups -OCH3 is 1. The molecule has 1 atom stereocenters. The second-order valence-electron chi connectivity index (χ2n) is 3.23. The van der Waals surface area contributed by atoms with Gasteiger partial charge in [-0.25, -0.2) is 0 Å². The Morgan fingerprint density at radius 2 is 2.40 bits per heavy atom. The fourth-order valence-corrected chi connectivity index (χ4v) is 1.20. The smallest absolute Gasteiger partial charge is 0.0724 e. The number of hydrogen-bond acceptors (Lipinski definition) is 5. The van der Waals surface area contributed by atoms with Crippen LogP contribution < -0.4 is 11.3 Å². The van der Waals surface area contributed by atoms with E-state index in [2.05, 4.69) is 10.5 Å². The first-order valence-corrected chi connectivity index (χ1v) is 4.79. The van der Waals surface area contributed by atoms with Crippen molar-refractivity contribution in [2.75, 3.05) is 26.9 Å². The molecule has 0 aromatic carbocycles. The maximum atomic E-state index is 5.43. The predicted molar refractivity (Wildman–Crippen MR) is 56.0 cm³/mol. The zero-order valence-electron chi connectivity index (χ0n) is 9.14. The zero-order valence-corrected chi connectivity index (χ0v) is 9.14. The molecule has 3 N–H and O–H groups in total. The predicted octanol–water partition coefficient (Wildman–Crippen LogP) is -0.412. The lowest BCUT2D eigenvalue weighted by molar-refractivity contribution is 0.0586. The van der Waals surface area contributed by atoms with E-state index in [1.54, 1.807) is 18.0 Å². The quantitative estimate of drug-likeness (QED) is 0.366. The molecule has 1 unspecified atom stereocenters. The highest BCUT2D eigenvalue weighted by atomic mass is 16.5. The van der Waals surface area contributed by atoms with E-state index in [-0.39, 0.29) is 6.04 Å². The highest BCUT2D eigenvalue weighted by molar-refractivity contribution is 5.09. The molecule has 6 heteroatoms. The molecule has 6 nitrogen and oxygen atoms in total. The Bertz CT molecular complexity index is 277. The minimum absolute atomic E-state index is 0.0319. The van der Waals surface area contributed by atoms with Crippen molar-refractivity contribution in [2.45, 2.75) is 6.04 Å². The summed E-state index contributed by atoms with van der Waals surface area (Å²) in [5, 5.41) is 4.07. The monoisotopic (exact) mass is 214 g/mol. The molecular weight excluding hydrogens is 196 g/mol. The summed E-state index contributed by atoms with van der Waals surface area (Å²) >= 11 is 0. The lowest BCUT2D eigenvalue weighted by Crippen LogP contribution is -2.31. The van der Waals surface area contributed by atoms with E-state index in [4.69, 9.17) is 15.3 Å². The molecule has 0 amide bonds. The largest absolute Gasteiger partial charge is 0.382 e. The van der Waals surface area contributed by atoms with Gasteiger partial charge in [-0.05, 0) is 0 Å². The van der Waals surface area contributed by atoms with Gasteiger partial charge in [0.25, 0.3) is 0 Å². The van der Waals surface area contributed by atoms with E-state index in [0.717, 1.165) is 5.56 Å². The van der Waals surface area contributed by atoms with Crippen molar-refractivity contribution in [1.29, 1.82) is 0 Å². The van der Waals surface area contributed by atoms with Crippen LogP contribution in [0.2, 0.25) is 0 Å². The first-order chi connectivity index (χ1) is 7.27. The summed E-state index contributed by atoms with van der Waals surface area (Å²) in [5.74, 6) is 5.43. The zero-order chi connectivity index (χ0) is 11.1. The van der Waals surface area contributed by atoms with E-state index in [1.807, 2.05) is 13.2 Å². The van der Waals surface area contributed by atoms with Crippen LogP contribution in [0.15, 0.2) is 12.4 Å². The normalized spacial score (nSPS) is 13.0. The van der Waals surface area contributed by atoms with Crippen LogP contribution in [0, 0.1) is 0 Å². The lowest BCUT2D eigenvalue weighted by Gasteiger charge is -2.14. The second-order valence-corrected chi connectivity index (χ2v) is 3.23. The number of aromatic nitrogens is 2. The fraction of sp³-hybridized carbons (Fsp3) is 0.667. The fourth-order valence-electron chi connectivity index (χ4n) is 1.20. The molecule has 0 saturated carbocycles. The average Bonchev–Trinajstić information content (AvgIpc) is 2.65. The maximum Gasteiger partial charge on any atom is 0.0724 e. The number of ether oxygens (including phenoxy) is 2. The number of aryl methyl sites for hydroxylation is 1. The van der Waals surface area contributed by atoms with Gasteiger partial charge in [-0.2, -0.15) is 5.10 Å². The summed E-state index contributed by atoms with van der Waals surface area (Å²) in [5.41, 5.74) is 3.70. The minimum Gasteiger partial charge on any atom is -0.382 e. The van der Waals surface area contributed by atoms with Gasteiger partial charge in [0, 0.05) is 25.9 Å². The highest BCUT2D eigenvalue weighted by Crippen LogP contribution is 2.10. The Balaban J connectivity index is 2.35. The van der Waals surface area contributed by atoms with E-state index >= 15 is 0 Å². The van der Waals surface area contributed by atoms with Gasteiger partial charge in [0.1, 0.15) is 0 Å². The first kappa shape index (κ1) is 12.1. The molecule has 0 fully saturated rings. The Kier molecular flexibility index (Phi) is 5.27. The minimum atomic E-state index is -0.0319. The van der Waals surface area contributed by atoms with Gasteiger partial charge in [-0.3, -0.25) is 16.0 Å². The molecule has 0 saturated heterocycles. The SMILES string of the molecule is COCCOCC(NN)c1cnn(C)c1. The van der Waals surface area contributed by atoms with Gasteiger partial charge in [-0.1, -0.05) is 0 Å². The van der Waals surface area contributed by atoms with Crippen LogP contribution in [0.1, 0.15) is 11.6 Å². The topological polar surface area (TPSA) is 74.3 Å². The summed E-state index contributed by atoms with van der Waals surface area (Å²) < 4.78 is 12.0. The lowest BCUT2D eigenvalue weighted by atomic mass is 10.2. The summed E-state index contributed by atoms with van der Waals surface area (Å²) in [6.45, 7) is 1.66. The number of nitrogens with two attached hydrogens (primary N) is 1. The Morgan fingerprint density at radius 1 is 1.60 bits per heavy atom. The number of hydrogen-bond donors (Lipinski definition) is 2. The van der Waals surface area contributed by atoms with Gasteiger partial charge >= 0.3 is 0 Å². The molecule has 15 heavy (non-hydrogen) atoms. The van der Waals surface area contributed by atoms with Gasteiger partial charge in [-0.15, -0.1) is 0 Å². The van der Waals surface area contributed by atoms with E-state index in [9.17, 15) is 0 Å². The molecule has 0 aliphatic rings. The Labute approximate surface area is 89.3 Å². The maximum absolute atomic E-state index is 5.43. The van der Waals surface area contributed by atoms with Gasteiger partial charge in [0.15, 0.2) is 0 Å². The van der Waals surface area contributed by atoms with Crippen LogP contribution >= 0.6 is 0 Å². The van der Waals surface area contributed by atoms with Crippen LogP contribution in [0.25, 0.3) is 0 Å². The van der Waals surface area contributed by atoms with Crippen molar-refractivity contribution in [3.63, 3.8) is 0 Å². The van der Waals surface area contributed by atoms with Crippen LogP contribution in [0.3, 0.4) is 0 Å². The molecule has 0 spiro atoms. The third-order valence-corrected chi connectivity index (χ3v) is 2.04. The van der Waals surface area contributed by atoms with Crippen LogP contribution in [-0.2, 0) is 16.5 Å². The molecule has 86 valence electrons. The molecule has 0 aliphatic carbocycles. The van der Waals surface area contributed by atoms with Crippen molar-refractivity contribution in [1.82, 2.24) is 15.2 Å².